The number of hydrogen-bond donors (Lipinski definition) is 0. The van der Waals surface area contributed by atoms with Gasteiger partial charge in [-0.1, -0.05) is 78.1 Å². The third kappa shape index (κ3) is 4.51. The second-order valence-corrected chi connectivity index (χ2v) is 9.61. The number of rotatable bonds is 5. The normalized spacial score (nSPS) is 12.2. The number of alkyl halides is 3. The predicted molar refractivity (Wildman–Crippen MR) is 97.4 cm³/mol. The van der Waals surface area contributed by atoms with Crippen molar-refractivity contribution in [1.82, 2.24) is 0 Å². The smallest absolute Gasteiger partial charge is 0.416 e. The molecule has 2 aromatic rings. The molecule has 24 heavy (non-hydrogen) atoms. The first-order valence-electron chi connectivity index (χ1n) is 7.96. The van der Waals surface area contributed by atoms with Gasteiger partial charge < -0.3 is 5.32 Å². The standard InChI is InChI=1S/C19H22F3NP/c1-13(2)24(14(3)4)18-11-10-15(19(20,21)22)12-17(18)23-16-8-6-5-7-9-16/h5-14H,1-4H3/q-1. The quantitative estimate of drug-likeness (QED) is 0.516. The highest BCUT2D eigenvalue weighted by molar-refractivity contribution is 7.67. The van der Waals surface area contributed by atoms with Crippen LogP contribution in [0.2, 0.25) is 0 Å². The highest BCUT2D eigenvalue weighted by Gasteiger charge is 2.31. The minimum Gasteiger partial charge on any atom is -0.657 e. The summed E-state index contributed by atoms with van der Waals surface area (Å²) in [6.07, 6.45) is -4.36. The summed E-state index contributed by atoms with van der Waals surface area (Å²) in [4.78, 5) is 0. The Kier molecular flexibility index (Phi) is 5.92. The van der Waals surface area contributed by atoms with Crippen LogP contribution in [0.1, 0.15) is 33.3 Å². The number of benzene rings is 2. The first kappa shape index (κ1) is 18.8. The number of halogens is 3. The Hall–Kier alpha value is -1.54. The summed E-state index contributed by atoms with van der Waals surface area (Å²) in [5.74, 6) is 0. The lowest BCUT2D eigenvalue weighted by Gasteiger charge is -2.34. The topological polar surface area (TPSA) is 14.1 Å². The summed E-state index contributed by atoms with van der Waals surface area (Å²) in [6, 6.07) is 13.1. The van der Waals surface area contributed by atoms with Crippen LogP contribution >= 0.6 is 7.92 Å². The number of nitrogens with zero attached hydrogens (tertiary/aromatic N) is 1. The van der Waals surface area contributed by atoms with Crippen LogP contribution in [0.3, 0.4) is 0 Å². The average molecular weight is 352 g/mol. The maximum atomic E-state index is 13.1. The Bertz CT molecular complexity index is 658. The Labute approximate surface area is 143 Å². The molecule has 0 aromatic heterocycles. The van der Waals surface area contributed by atoms with Crippen LogP contribution in [0.4, 0.5) is 24.5 Å². The van der Waals surface area contributed by atoms with E-state index in [4.69, 9.17) is 0 Å². The van der Waals surface area contributed by atoms with E-state index in [1.807, 2.05) is 18.2 Å². The Balaban J connectivity index is 2.53. The summed E-state index contributed by atoms with van der Waals surface area (Å²) in [5.41, 5.74) is 1.20. The maximum Gasteiger partial charge on any atom is 0.416 e. The monoisotopic (exact) mass is 352 g/mol. The van der Waals surface area contributed by atoms with Crippen molar-refractivity contribution in [3.8, 4) is 0 Å². The van der Waals surface area contributed by atoms with E-state index in [0.717, 1.165) is 5.30 Å². The van der Waals surface area contributed by atoms with E-state index in [0.29, 0.717) is 22.7 Å². The van der Waals surface area contributed by atoms with E-state index in [1.165, 1.54) is 12.1 Å². The average Bonchev–Trinajstić information content (AvgIpc) is 2.48. The SMILES string of the molecule is CC(C)P(c1ccc(C(F)(F)F)cc1[N-]c1ccccc1)C(C)C. The Morgan fingerprint density at radius 1 is 0.875 bits per heavy atom. The molecule has 0 fully saturated rings. The fourth-order valence-corrected chi connectivity index (χ4v) is 5.73. The van der Waals surface area contributed by atoms with E-state index in [9.17, 15) is 13.2 Å². The molecule has 1 nitrogen and oxygen atoms in total. The minimum atomic E-state index is -4.36. The van der Waals surface area contributed by atoms with Gasteiger partial charge in [0.25, 0.3) is 0 Å². The molecule has 0 saturated carbocycles. The van der Waals surface area contributed by atoms with Crippen LogP contribution in [0.5, 0.6) is 0 Å². The van der Waals surface area contributed by atoms with Gasteiger partial charge in [0.05, 0.1) is 5.56 Å². The van der Waals surface area contributed by atoms with Crippen molar-refractivity contribution >= 4 is 24.6 Å². The van der Waals surface area contributed by atoms with Crippen LogP contribution in [0, 0.1) is 0 Å². The van der Waals surface area contributed by atoms with Crippen molar-refractivity contribution in [3.05, 3.63) is 59.4 Å². The lowest BCUT2D eigenvalue weighted by atomic mass is 10.2. The van der Waals surface area contributed by atoms with Gasteiger partial charge in [-0.25, -0.2) is 0 Å². The Morgan fingerprint density at radius 3 is 1.96 bits per heavy atom. The van der Waals surface area contributed by atoms with Crippen molar-refractivity contribution in [3.63, 3.8) is 0 Å². The first-order valence-corrected chi connectivity index (χ1v) is 9.44. The van der Waals surface area contributed by atoms with Gasteiger partial charge in [-0.3, -0.25) is 0 Å². The van der Waals surface area contributed by atoms with E-state index < -0.39 is 19.7 Å². The zero-order valence-corrected chi connectivity index (χ0v) is 15.2. The molecule has 130 valence electrons. The summed E-state index contributed by atoms with van der Waals surface area (Å²) in [5, 5.41) is 5.45. The molecule has 0 aliphatic heterocycles. The molecule has 0 radical (unpaired) electrons. The Morgan fingerprint density at radius 2 is 1.46 bits per heavy atom. The fourth-order valence-electron chi connectivity index (χ4n) is 2.80. The lowest BCUT2D eigenvalue weighted by Crippen LogP contribution is -2.17. The summed E-state index contributed by atoms with van der Waals surface area (Å²) in [7, 11) is -0.600. The van der Waals surface area contributed by atoms with E-state index in [2.05, 4.69) is 33.0 Å². The van der Waals surface area contributed by atoms with Crippen LogP contribution < -0.4 is 5.30 Å². The second-order valence-electron chi connectivity index (χ2n) is 6.24. The summed E-state index contributed by atoms with van der Waals surface area (Å²) in [6.45, 7) is 8.48. The number of para-hydroxylation sites is 1. The van der Waals surface area contributed by atoms with Crippen molar-refractivity contribution in [2.24, 2.45) is 0 Å². The molecule has 0 amide bonds. The number of hydrogen-bond acceptors (Lipinski definition) is 0. The lowest BCUT2D eigenvalue weighted by molar-refractivity contribution is -0.137. The molecule has 0 atom stereocenters. The molecular weight excluding hydrogens is 330 g/mol. The third-order valence-corrected chi connectivity index (χ3v) is 6.86. The molecule has 5 heteroatoms. The van der Waals surface area contributed by atoms with Crippen molar-refractivity contribution in [2.45, 2.75) is 45.2 Å². The first-order chi connectivity index (χ1) is 11.2. The zero-order valence-electron chi connectivity index (χ0n) is 14.3. The molecule has 0 spiro atoms. The van der Waals surface area contributed by atoms with Gasteiger partial charge in [0.15, 0.2) is 0 Å². The fraction of sp³-hybridized carbons (Fsp3) is 0.368. The molecule has 0 unspecified atom stereocenters. The van der Waals surface area contributed by atoms with Gasteiger partial charge in [0, 0.05) is 0 Å². The van der Waals surface area contributed by atoms with Gasteiger partial charge in [0.2, 0.25) is 0 Å². The van der Waals surface area contributed by atoms with Crippen molar-refractivity contribution < 1.29 is 13.2 Å². The van der Waals surface area contributed by atoms with Crippen molar-refractivity contribution in [1.29, 1.82) is 0 Å². The third-order valence-electron chi connectivity index (χ3n) is 3.70. The highest BCUT2D eigenvalue weighted by atomic mass is 31.1. The second kappa shape index (κ2) is 7.57. The maximum absolute atomic E-state index is 13.1. The molecule has 0 aliphatic rings. The van der Waals surface area contributed by atoms with Gasteiger partial charge in [-0.15, -0.1) is 11.4 Å². The molecule has 0 saturated heterocycles. The van der Waals surface area contributed by atoms with E-state index >= 15 is 0 Å². The molecule has 0 heterocycles. The van der Waals surface area contributed by atoms with Crippen LogP contribution in [0.25, 0.3) is 5.32 Å². The van der Waals surface area contributed by atoms with Crippen molar-refractivity contribution in [2.75, 3.05) is 0 Å². The van der Waals surface area contributed by atoms with Gasteiger partial charge in [0.1, 0.15) is 0 Å². The van der Waals surface area contributed by atoms with Gasteiger partial charge >= 0.3 is 6.18 Å². The zero-order chi connectivity index (χ0) is 17.9. The van der Waals surface area contributed by atoms with E-state index in [1.54, 1.807) is 18.2 Å². The molecular formula is C19H22F3NP-. The molecule has 0 N–H and O–H groups in total. The molecule has 2 aromatic carbocycles. The van der Waals surface area contributed by atoms with E-state index in [-0.39, 0.29) is 0 Å². The summed E-state index contributed by atoms with van der Waals surface area (Å²) < 4.78 is 39.4. The van der Waals surface area contributed by atoms with Crippen LogP contribution in [0.15, 0.2) is 48.5 Å². The van der Waals surface area contributed by atoms with Gasteiger partial charge in [-0.05, 0) is 22.7 Å². The minimum absolute atomic E-state index is 0.376. The largest absolute Gasteiger partial charge is 0.657 e. The van der Waals surface area contributed by atoms with Gasteiger partial charge in [-0.2, -0.15) is 13.2 Å². The van der Waals surface area contributed by atoms with Crippen LogP contribution in [-0.2, 0) is 6.18 Å². The van der Waals surface area contributed by atoms with Crippen LogP contribution in [-0.4, -0.2) is 11.3 Å². The molecule has 0 aliphatic carbocycles. The summed E-state index contributed by atoms with van der Waals surface area (Å²) >= 11 is 0. The molecule has 2 rings (SSSR count). The molecule has 0 bridgehead atoms. The predicted octanol–water partition coefficient (Wildman–Crippen LogP) is 6.97. The highest BCUT2D eigenvalue weighted by Crippen LogP contribution is 2.49.